The van der Waals surface area contributed by atoms with Gasteiger partial charge < -0.3 is 30.6 Å². The van der Waals surface area contributed by atoms with Gasteiger partial charge in [0.15, 0.2) is 0 Å². The number of rotatable bonds is 0. The molecule has 0 unspecified atom stereocenters. The molecule has 0 atom stereocenters. The van der Waals surface area contributed by atoms with Crippen molar-refractivity contribution in [2.45, 2.75) is 0 Å². The Kier molecular flexibility index (Phi) is 36.4. The third kappa shape index (κ3) is 2560. The van der Waals surface area contributed by atoms with E-state index in [4.69, 9.17) is 30.6 Å². The van der Waals surface area contributed by atoms with Crippen LogP contribution >= 0.6 is 0 Å². The molecule has 0 amide bonds. The van der Waals surface area contributed by atoms with Gasteiger partial charge in [-0.05, 0) is 0 Å². The summed E-state index contributed by atoms with van der Waals surface area (Å²) in [5.74, 6) is 0. The van der Waals surface area contributed by atoms with E-state index < -0.39 is 10.2 Å². The molecule has 10 heteroatoms. The first-order valence-electron chi connectivity index (χ1n) is 1.10. The van der Waals surface area contributed by atoms with Crippen LogP contribution < -0.4 is 0 Å². The Hall–Kier alpha value is 0.426. The van der Waals surface area contributed by atoms with E-state index >= 15 is 0 Å². The maximum absolute atomic E-state index is 8.25. The van der Waals surface area contributed by atoms with Crippen LogP contribution in [-0.2, 0) is 0 Å². The summed E-state index contributed by atoms with van der Waals surface area (Å²) in [6, 6.07) is 0. The Morgan fingerprint density at radius 1 is 0.800 bits per heavy atom. The molecule has 0 saturated heterocycles. The minimum atomic E-state index is -1.75. The minimum absolute atomic E-state index is 0. The summed E-state index contributed by atoms with van der Waals surface area (Å²) in [7, 11) is 0. The Labute approximate surface area is 101 Å². The first kappa shape index (κ1) is 22.4. The van der Waals surface area contributed by atoms with E-state index in [0.717, 1.165) is 0 Å². The zero-order valence-electron chi connectivity index (χ0n) is 4.05. The fourth-order valence-electron chi connectivity index (χ4n) is 0. The van der Waals surface area contributed by atoms with Gasteiger partial charge in [-0.2, -0.15) is 0 Å². The topological polar surface area (TPSA) is 132 Å². The fourth-order valence-corrected chi connectivity index (χ4v) is 0. The van der Waals surface area contributed by atoms with Crippen molar-refractivity contribution >= 4 is 60.8 Å². The Morgan fingerprint density at radius 3 is 0.800 bits per heavy atom. The number of nitrogens with zero attached hydrogens (tertiary/aromatic N) is 2. The van der Waals surface area contributed by atoms with E-state index in [-0.39, 0.29) is 60.8 Å². The zero-order chi connectivity index (χ0) is 7.15. The SMILES string of the molecule is O=[N+]([O-])[O-].O=[N+]([O-])[O-].[Ca+2].[MgH2]. The molecule has 0 aromatic heterocycles. The van der Waals surface area contributed by atoms with Crippen molar-refractivity contribution in [3.05, 3.63) is 30.6 Å². The molecule has 0 bridgehead atoms. The van der Waals surface area contributed by atoms with Crippen molar-refractivity contribution in [2.24, 2.45) is 0 Å². The molecular weight excluding hydrogens is 188 g/mol. The molecule has 0 heterocycles. The van der Waals surface area contributed by atoms with Crippen molar-refractivity contribution < 1.29 is 10.2 Å². The van der Waals surface area contributed by atoms with Crippen LogP contribution in [0.1, 0.15) is 0 Å². The van der Waals surface area contributed by atoms with E-state index in [1.54, 1.807) is 0 Å². The smallest absolute Gasteiger partial charge is 0.356 e. The summed E-state index contributed by atoms with van der Waals surface area (Å²) in [5, 5.41) is 29.5. The monoisotopic (exact) mass is 190 g/mol. The largest absolute Gasteiger partial charge is 2.00 e. The van der Waals surface area contributed by atoms with Gasteiger partial charge >= 0.3 is 60.8 Å². The zero-order valence-corrected chi connectivity index (χ0v) is 6.26. The third-order valence-corrected chi connectivity index (χ3v) is 0. The van der Waals surface area contributed by atoms with E-state index in [1.807, 2.05) is 0 Å². The van der Waals surface area contributed by atoms with Crippen LogP contribution in [0.25, 0.3) is 0 Å². The van der Waals surface area contributed by atoms with Crippen molar-refractivity contribution in [3.63, 3.8) is 0 Å². The summed E-state index contributed by atoms with van der Waals surface area (Å²) in [5.41, 5.74) is 0. The van der Waals surface area contributed by atoms with Crippen LogP contribution in [0.5, 0.6) is 0 Å². The minimum Gasteiger partial charge on any atom is -0.356 e. The summed E-state index contributed by atoms with van der Waals surface area (Å²) in [6.07, 6.45) is 0. The van der Waals surface area contributed by atoms with Crippen LogP contribution in [-0.4, -0.2) is 71.0 Å². The van der Waals surface area contributed by atoms with Gasteiger partial charge in [-0.25, -0.2) is 0 Å². The second kappa shape index (κ2) is 16.2. The molecule has 0 aromatic rings. The molecule has 0 aliphatic carbocycles. The van der Waals surface area contributed by atoms with Gasteiger partial charge in [-0.1, -0.05) is 0 Å². The second-order valence-corrected chi connectivity index (χ2v) is 0.447. The van der Waals surface area contributed by atoms with Crippen molar-refractivity contribution in [1.82, 2.24) is 0 Å². The fraction of sp³-hybridized carbons (Fsp3) is 0. The molecule has 10 heavy (non-hydrogen) atoms. The Morgan fingerprint density at radius 2 is 0.800 bits per heavy atom. The molecular formula is H2CaMgN2O6. The molecule has 0 aliphatic rings. The molecule has 0 radical (unpaired) electrons. The third-order valence-electron chi connectivity index (χ3n) is 0. The van der Waals surface area contributed by atoms with E-state index in [0.29, 0.717) is 0 Å². The summed E-state index contributed by atoms with van der Waals surface area (Å²) in [6.45, 7) is 0. The first-order valence-corrected chi connectivity index (χ1v) is 1.10. The normalized spacial score (nSPS) is 4.80. The molecule has 0 fully saturated rings. The van der Waals surface area contributed by atoms with Crippen LogP contribution in [0.2, 0.25) is 0 Å². The van der Waals surface area contributed by atoms with Gasteiger partial charge in [-0.3, -0.25) is 0 Å². The van der Waals surface area contributed by atoms with Crippen molar-refractivity contribution in [3.8, 4) is 0 Å². The van der Waals surface area contributed by atoms with Crippen molar-refractivity contribution in [2.75, 3.05) is 0 Å². The van der Waals surface area contributed by atoms with Crippen molar-refractivity contribution in [1.29, 1.82) is 0 Å². The van der Waals surface area contributed by atoms with Gasteiger partial charge in [-0.15, -0.1) is 0 Å². The Balaban J connectivity index is -0.0000000300. The van der Waals surface area contributed by atoms with Crippen LogP contribution in [0.4, 0.5) is 0 Å². The maximum Gasteiger partial charge on any atom is 2.00 e. The van der Waals surface area contributed by atoms with Gasteiger partial charge in [0, 0.05) is 0 Å². The van der Waals surface area contributed by atoms with Gasteiger partial charge in [0.1, 0.15) is 0 Å². The van der Waals surface area contributed by atoms with Gasteiger partial charge in [0.2, 0.25) is 0 Å². The molecule has 0 saturated carbocycles. The number of hydrogen-bond acceptors (Lipinski definition) is 6. The Bertz CT molecular complexity index is 73.7. The molecule has 0 spiro atoms. The van der Waals surface area contributed by atoms with E-state index in [9.17, 15) is 0 Å². The summed E-state index contributed by atoms with van der Waals surface area (Å²) >= 11 is 0. The average molecular weight is 190 g/mol. The average Bonchev–Trinajstić information content (AvgIpc) is 1.25. The van der Waals surface area contributed by atoms with Gasteiger partial charge in [0.05, 0.1) is 10.2 Å². The standard InChI is InChI=1S/Ca.Mg.2NO3.2H/c;;2*2-1(3)4;;/q+2;;2*-1;;. The summed E-state index contributed by atoms with van der Waals surface area (Å²) < 4.78 is 0. The molecule has 8 nitrogen and oxygen atoms in total. The number of hydrogen-bond donors (Lipinski definition) is 0. The molecule has 0 rings (SSSR count). The van der Waals surface area contributed by atoms with Crippen LogP contribution in [0.15, 0.2) is 0 Å². The summed E-state index contributed by atoms with van der Waals surface area (Å²) in [4.78, 5) is 16.5. The first-order chi connectivity index (χ1) is 3.46. The quantitative estimate of drug-likeness (QED) is 0.252. The van der Waals surface area contributed by atoms with E-state index in [2.05, 4.69) is 0 Å². The van der Waals surface area contributed by atoms with Crippen LogP contribution in [0, 0.1) is 30.6 Å². The second-order valence-electron chi connectivity index (χ2n) is 0.447. The van der Waals surface area contributed by atoms with E-state index in [1.165, 1.54) is 0 Å². The maximum atomic E-state index is 8.25. The van der Waals surface area contributed by atoms with Crippen LogP contribution in [0.3, 0.4) is 0 Å². The predicted octanol–water partition coefficient (Wildman–Crippen LogP) is -1.78. The van der Waals surface area contributed by atoms with Gasteiger partial charge in [0.25, 0.3) is 0 Å². The molecule has 52 valence electrons. The molecule has 0 aromatic carbocycles. The predicted molar refractivity (Wildman–Crippen MR) is 35.0 cm³/mol. The molecule has 0 aliphatic heterocycles. The molecule has 0 N–H and O–H groups in total.